The maximum atomic E-state index is 10.3. The van der Waals surface area contributed by atoms with Gasteiger partial charge in [-0.3, -0.25) is 0 Å². The van der Waals surface area contributed by atoms with Gasteiger partial charge in [-0.2, -0.15) is 4.98 Å². The molecule has 0 saturated carbocycles. The average Bonchev–Trinajstić information content (AvgIpc) is 3.19. The van der Waals surface area contributed by atoms with Crippen molar-refractivity contribution in [2.24, 2.45) is 5.92 Å². The van der Waals surface area contributed by atoms with E-state index in [0.29, 0.717) is 24.9 Å². The number of ether oxygens (including phenoxy) is 1. The Morgan fingerprint density at radius 3 is 2.52 bits per heavy atom. The van der Waals surface area contributed by atoms with Crippen LogP contribution in [0.1, 0.15) is 31.3 Å². The van der Waals surface area contributed by atoms with Gasteiger partial charge in [0.1, 0.15) is 0 Å². The van der Waals surface area contributed by atoms with Crippen LogP contribution in [0.15, 0.2) is 63.6 Å². The Kier molecular flexibility index (Phi) is 7.94. The molecule has 0 aliphatic heterocycles. The minimum absolute atomic E-state index is 0.157. The van der Waals surface area contributed by atoms with Crippen LogP contribution in [-0.2, 0) is 11.3 Å². The van der Waals surface area contributed by atoms with Gasteiger partial charge in [-0.25, -0.2) is 0 Å². The van der Waals surface area contributed by atoms with E-state index in [1.807, 2.05) is 54.6 Å². The highest BCUT2D eigenvalue weighted by atomic mass is 79.9. The number of nitrogens with zero attached hydrogens (tertiary/aromatic N) is 2. The van der Waals surface area contributed by atoms with Gasteiger partial charge in [0.15, 0.2) is 0 Å². The summed E-state index contributed by atoms with van der Waals surface area (Å²) in [5.41, 5.74) is 1.97. The van der Waals surface area contributed by atoms with Crippen LogP contribution in [0, 0.1) is 5.92 Å². The number of benzene rings is 2. The summed E-state index contributed by atoms with van der Waals surface area (Å²) in [6.07, 6.45) is -0.631. The van der Waals surface area contributed by atoms with Crippen molar-refractivity contribution in [3.8, 4) is 11.4 Å². The Hall–Kier alpha value is -2.06. The molecule has 2 N–H and O–H groups in total. The molecule has 7 heteroatoms. The van der Waals surface area contributed by atoms with Crippen LogP contribution in [0.4, 0.5) is 0 Å². The van der Waals surface area contributed by atoms with Crippen molar-refractivity contribution in [2.75, 3.05) is 13.2 Å². The zero-order valence-electron chi connectivity index (χ0n) is 16.6. The molecule has 0 spiro atoms. The molecule has 0 unspecified atom stereocenters. The fourth-order valence-electron chi connectivity index (χ4n) is 2.89. The molecule has 1 aromatic heterocycles. The highest BCUT2D eigenvalue weighted by Crippen LogP contribution is 2.24. The lowest BCUT2D eigenvalue weighted by atomic mass is 10.0. The van der Waals surface area contributed by atoms with Crippen molar-refractivity contribution < 1.29 is 14.4 Å². The molecule has 0 fully saturated rings. The Bertz CT molecular complexity index is 869. The summed E-state index contributed by atoms with van der Waals surface area (Å²) in [5, 5.41) is 17.7. The SMILES string of the molecule is CC(C)[C@@H](NC[C@@H](O)COCc1ccccc1)c1nc(-c2ccc(Br)cc2)no1. The second kappa shape index (κ2) is 10.6. The molecule has 2 atom stereocenters. The summed E-state index contributed by atoms with van der Waals surface area (Å²) in [7, 11) is 0. The van der Waals surface area contributed by atoms with E-state index in [1.165, 1.54) is 0 Å². The van der Waals surface area contributed by atoms with Gasteiger partial charge < -0.3 is 19.7 Å². The summed E-state index contributed by atoms with van der Waals surface area (Å²) < 4.78 is 12.1. The summed E-state index contributed by atoms with van der Waals surface area (Å²) in [6, 6.07) is 17.5. The number of halogens is 1. The van der Waals surface area contributed by atoms with Crippen molar-refractivity contribution in [2.45, 2.75) is 32.6 Å². The third-order valence-corrected chi connectivity index (χ3v) is 5.00. The predicted octanol–water partition coefficient (Wildman–Crippen LogP) is 4.36. The van der Waals surface area contributed by atoms with Gasteiger partial charge in [0, 0.05) is 16.6 Å². The number of nitrogens with one attached hydrogen (secondary N) is 1. The molecule has 3 aromatic rings. The molecule has 3 rings (SSSR count). The quantitative estimate of drug-likeness (QED) is 0.468. The van der Waals surface area contributed by atoms with Crippen molar-refractivity contribution in [3.63, 3.8) is 0 Å². The molecular weight excluding hydrogens is 434 g/mol. The van der Waals surface area contributed by atoms with Crippen LogP contribution < -0.4 is 5.32 Å². The van der Waals surface area contributed by atoms with E-state index >= 15 is 0 Å². The first-order valence-electron chi connectivity index (χ1n) is 9.65. The van der Waals surface area contributed by atoms with E-state index < -0.39 is 6.10 Å². The Balaban J connectivity index is 1.53. The minimum Gasteiger partial charge on any atom is -0.389 e. The van der Waals surface area contributed by atoms with Gasteiger partial charge in [0.2, 0.25) is 11.7 Å². The lowest BCUT2D eigenvalue weighted by Crippen LogP contribution is -2.35. The van der Waals surface area contributed by atoms with Gasteiger partial charge in [-0.15, -0.1) is 0 Å². The van der Waals surface area contributed by atoms with E-state index in [1.54, 1.807) is 0 Å². The van der Waals surface area contributed by atoms with Crippen LogP contribution in [-0.4, -0.2) is 34.5 Å². The van der Waals surface area contributed by atoms with Gasteiger partial charge in [0.25, 0.3) is 0 Å². The van der Waals surface area contributed by atoms with Crippen LogP contribution in [0.2, 0.25) is 0 Å². The highest BCUT2D eigenvalue weighted by Gasteiger charge is 2.23. The molecule has 0 bridgehead atoms. The van der Waals surface area contributed by atoms with E-state index in [-0.39, 0.29) is 18.6 Å². The number of aromatic nitrogens is 2. The molecule has 6 nitrogen and oxygen atoms in total. The zero-order valence-corrected chi connectivity index (χ0v) is 18.2. The second-order valence-electron chi connectivity index (χ2n) is 7.25. The molecule has 154 valence electrons. The fraction of sp³-hybridized carbons (Fsp3) is 0.364. The summed E-state index contributed by atoms with van der Waals surface area (Å²) in [4.78, 5) is 4.54. The number of rotatable bonds is 10. The first-order valence-corrected chi connectivity index (χ1v) is 10.4. The van der Waals surface area contributed by atoms with Crippen molar-refractivity contribution in [1.82, 2.24) is 15.5 Å². The fourth-order valence-corrected chi connectivity index (χ4v) is 3.16. The Morgan fingerprint density at radius 2 is 1.83 bits per heavy atom. The topological polar surface area (TPSA) is 80.4 Å². The highest BCUT2D eigenvalue weighted by molar-refractivity contribution is 9.10. The smallest absolute Gasteiger partial charge is 0.244 e. The molecule has 2 aromatic carbocycles. The molecule has 0 aliphatic carbocycles. The Morgan fingerprint density at radius 1 is 1.10 bits per heavy atom. The monoisotopic (exact) mass is 459 g/mol. The summed E-state index contributed by atoms with van der Waals surface area (Å²) >= 11 is 3.42. The summed E-state index contributed by atoms with van der Waals surface area (Å²) in [6.45, 7) is 5.24. The van der Waals surface area contributed by atoms with E-state index in [9.17, 15) is 5.11 Å². The molecule has 0 saturated heterocycles. The lowest BCUT2D eigenvalue weighted by Gasteiger charge is -2.20. The number of aliphatic hydroxyl groups is 1. The second-order valence-corrected chi connectivity index (χ2v) is 8.16. The lowest BCUT2D eigenvalue weighted by molar-refractivity contribution is 0.0262. The van der Waals surface area contributed by atoms with E-state index in [2.05, 4.69) is 45.2 Å². The van der Waals surface area contributed by atoms with Gasteiger partial charge in [-0.1, -0.05) is 65.3 Å². The van der Waals surface area contributed by atoms with Crippen molar-refractivity contribution in [1.29, 1.82) is 0 Å². The standard InChI is InChI=1S/C22H26BrN3O3/c1-15(2)20(22-25-21(26-29-22)17-8-10-18(23)11-9-17)24-12-19(27)14-28-13-16-6-4-3-5-7-16/h3-11,15,19-20,24,27H,12-14H2,1-2H3/t19-,20-/m1/s1. The largest absolute Gasteiger partial charge is 0.389 e. The van der Waals surface area contributed by atoms with Crippen molar-refractivity contribution in [3.05, 3.63) is 70.5 Å². The predicted molar refractivity (Wildman–Crippen MR) is 115 cm³/mol. The molecule has 29 heavy (non-hydrogen) atoms. The van der Waals surface area contributed by atoms with Crippen molar-refractivity contribution >= 4 is 15.9 Å². The number of aliphatic hydroxyl groups excluding tert-OH is 1. The van der Waals surface area contributed by atoms with Crippen LogP contribution in [0.5, 0.6) is 0 Å². The van der Waals surface area contributed by atoms with Crippen LogP contribution >= 0.6 is 15.9 Å². The van der Waals surface area contributed by atoms with E-state index in [4.69, 9.17) is 9.26 Å². The molecular formula is C22H26BrN3O3. The van der Waals surface area contributed by atoms with E-state index in [0.717, 1.165) is 15.6 Å². The maximum Gasteiger partial charge on any atom is 0.244 e. The number of hydrogen-bond acceptors (Lipinski definition) is 6. The molecule has 0 radical (unpaired) electrons. The zero-order chi connectivity index (χ0) is 20.6. The maximum absolute atomic E-state index is 10.3. The number of hydrogen-bond donors (Lipinski definition) is 2. The average molecular weight is 460 g/mol. The van der Waals surface area contributed by atoms with Crippen LogP contribution in [0.3, 0.4) is 0 Å². The molecule has 1 heterocycles. The third-order valence-electron chi connectivity index (χ3n) is 4.47. The van der Waals surface area contributed by atoms with Gasteiger partial charge in [0.05, 0.1) is 25.4 Å². The Labute approximate surface area is 179 Å². The summed E-state index contributed by atoms with van der Waals surface area (Å²) in [5.74, 6) is 1.27. The first kappa shape index (κ1) is 21.6. The molecule has 0 aliphatic rings. The first-order chi connectivity index (χ1) is 14.0. The van der Waals surface area contributed by atoms with Gasteiger partial charge >= 0.3 is 0 Å². The minimum atomic E-state index is -0.631. The van der Waals surface area contributed by atoms with Gasteiger partial charge in [-0.05, 0) is 35.7 Å². The normalized spacial score (nSPS) is 13.6. The third kappa shape index (κ3) is 6.47. The van der Waals surface area contributed by atoms with Crippen LogP contribution in [0.25, 0.3) is 11.4 Å². The molecule has 0 amide bonds.